The lowest BCUT2D eigenvalue weighted by molar-refractivity contribution is -0.231. The number of nitrogens with one attached hydrogen (secondary N) is 3. The molecule has 1 aromatic rings. The van der Waals surface area contributed by atoms with Gasteiger partial charge in [-0.15, -0.1) is 0 Å². The van der Waals surface area contributed by atoms with Gasteiger partial charge in [-0.1, -0.05) is 58.8 Å². The Morgan fingerprint density at radius 1 is 1.05 bits per heavy atom. The molecule has 6 saturated carbocycles. The van der Waals surface area contributed by atoms with Crippen LogP contribution in [0.2, 0.25) is 0 Å². The van der Waals surface area contributed by atoms with Gasteiger partial charge in [0.1, 0.15) is 12.6 Å². The lowest BCUT2D eigenvalue weighted by Gasteiger charge is -2.71. The Hall–Kier alpha value is -3.83. The Morgan fingerprint density at radius 3 is 2.42 bits per heavy atom. The van der Waals surface area contributed by atoms with Crippen molar-refractivity contribution in [3.05, 3.63) is 59.2 Å². The number of aliphatic carboxylic acids is 1. The van der Waals surface area contributed by atoms with Gasteiger partial charge in [-0.2, -0.15) is 0 Å². The van der Waals surface area contributed by atoms with Crippen LogP contribution in [0.5, 0.6) is 0 Å². The zero-order chi connectivity index (χ0) is 42.3. The molecule has 8 aliphatic rings. The number of carbonyl (C=O) groups excluding carboxylic acids is 5. The number of fused-ring (bicyclic) bond motifs is 7. The third kappa shape index (κ3) is 6.45. The number of benzene rings is 1. The highest BCUT2D eigenvalue weighted by Gasteiger charge is 2.79. The van der Waals surface area contributed by atoms with Crippen LogP contribution in [0.4, 0.5) is 4.39 Å². The van der Waals surface area contributed by atoms with E-state index in [1.165, 1.54) is 12.2 Å². The first kappa shape index (κ1) is 41.9. The van der Waals surface area contributed by atoms with E-state index in [2.05, 4.69) is 31.9 Å². The number of rotatable bonds is 14. The summed E-state index contributed by atoms with van der Waals surface area (Å²) in [5, 5.41) is 39.3. The lowest BCUT2D eigenvalue weighted by atomic mass is 9.38. The van der Waals surface area contributed by atoms with Crippen molar-refractivity contribution in [2.75, 3.05) is 18.5 Å². The average Bonchev–Trinajstić information content (AvgIpc) is 3.67. The molecule has 9 rings (SSSR count). The minimum absolute atomic E-state index is 0.0106. The number of ether oxygens (including phenoxy) is 2. The minimum Gasteiger partial charge on any atom is -0.481 e. The molecule has 0 radical (unpaired) electrons. The molecule has 1 unspecified atom stereocenters. The molecule has 1 heterocycles. The molecule has 59 heavy (non-hydrogen) atoms. The van der Waals surface area contributed by atoms with E-state index in [1.807, 2.05) is 31.2 Å². The van der Waals surface area contributed by atoms with Crippen LogP contribution in [-0.2, 0) is 44.7 Å². The highest BCUT2D eigenvalue weighted by molar-refractivity contribution is 9.09. The van der Waals surface area contributed by atoms with Crippen molar-refractivity contribution in [2.45, 2.75) is 119 Å². The van der Waals surface area contributed by atoms with Gasteiger partial charge in [0.15, 0.2) is 29.1 Å². The molecule has 0 aromatic heterocycles. The van der Waals surface area contributed by atoms with E-state index in [4.69, 9.17) is 9.47 Å². The maximum absolute atomic E-state index is 17.7. The maximum Gasteiger partial charge on any atom is 0.303 e. The number of ketones is 2. The highest BCUT2D eigenvalue weighted by Crippen LogP contribution is 2.73. The number of Topliss-reactive ketones (excluding diaryl/α,β-unsaturated/α-hetero) is 1. The number of carboxylic acid groups (broad SMARTS) is 1. The number of allylic oxidation sites excluding steroid dienone is 4. The SMILES string of the molecule is C[C@]12C=CC(=O)C=C1CC[C@H]1[C@@H]3C[C@H]4O[C@@H](c5ccc(CC67CC(NC(=O)C(CCC(=O)O)NC(=O)CNC(=O)CBr)(C6)C7)cc5)O[C@@]4(C(=O)CO)[C@@]3(C)C[C@H](O)[C@@]12F. The molecule has 10 atom stereocenters. The van der Waals surface area contributed by atoms with E-state index >= 15 is 4.39 Å². The second-order valence-corrected chi connectivity index (χ2v) is 19.1. The maximum atomic E-state index is 17.7. The van der Waals surface area contributed by atoms with E-state index < -0.39 is 100 Å². The number of alkyl halides is 2. The molecular formula is C43H51BrFN3O11. The van der Waals surface area contributed by atoms with Crippen molar-refractivity contribution in [2.24, 2.45) is 28.1 Å². The normalized spacial score (nSPS) is 40.1. The predicted octanol–water partition coefficient (Wildman–Crippen LogP) is 2.82. The Bertz CT molecular complexity index is 2020. The summed E-state index contributed by atoms with van der Waals surface area (Å²) >= 11 is 3.00. The monoisotopic (exact) mass is 883 g/mol. The van der Waals surface area contributed by atoms with Crippen LogP contribution in [-0.4, -0.2) is 104 Å². The molecule has 0 spiro atoms. The number of hydrogen-bond donors (Lipinski definition) is 6. The fourth-order valence-electron chi connectivity index (χ4n) is 12.6. The van der Waals surface area contributed by atoms with Gasteiger partial charge in [-0.05, 0) is 93.8 Å². The molecule has 7 fully saturated rings. The molecule has 1 aromatic carbocycles. The van der Waals surface area contributed by atoms with Gasteiger partial charge in [0, 0.05) is 34.3 Å². The summed E-state index contributed by atoms with van der Waals surface area (Å²) in [6.45, 7) is 2.45. The standard InChI is InChI=1S/C43H51BrFN3O11/c1-38-12-11-26(50)13-25(38)7-8-27-28-14-32-43(31(52)19-49,39(28,2)16-30(51)42(27,38)45)59-37(58-32)24-5-3-23(4-6-24)15-40-20-41(21-40,22-40)48-36(57)29(9-10-35(55)56)47-34(54)18-46-33(53)17-44/h3-6,11-13,27-30,32,37,49,51H,7-10,14-22H2,1-2H3,(H,46,53)(H,47,54)(H,48,57)(H,55,56)/t27-,28-,29?,30-,32+,37+,38-,39-,40?,41?,42-,43+/m0/s1. The molecule has 16 heteroatoms. The summed E-state index contributed by atoms with van der Waals surface area (Å²) < 4.78 is 30.9. The quantitative estimate of drug-likeness (QED) is 0.149. The number of carboxylic acids is 1. The zero-order valence-corrected chi connectivity index (χ0v) is 34.6. The summed E-state index contributed by atoms with van der Waals surface area (Å²) in [7, 11) is 0. The van der Waals surface area contributed by atoms with Crippen LogP contribution in [0.1, 0.15) is 89.1 Å². The van der Waals surface area contributed by atoms with Crippen LogP contribution < -0.4 is 16.0 Å². The number of carbonyl (C=O) groups is 6. The van der Waals surface area contributed by atoms with Crippen LogP contribution in [0.15, 0.2) is 48.1 Å². The third-order valence-electron chi connectivity index (χ3n) is 15.2. The smallest absolute Gasteiger partial charge is 0.303 e. The Morgan fingerprint density at radius 2 is 1.76 bits per heavy atom. The van der Waals surface area contributed by atoms with Gasteiger partial charge in [0.2, 0.25) is 17.7 Å². The predicted molar refractivity (Wildman–Crippen MR) is 210 cm³/mol. The highest BCUT2D eigenvalue weighted by atomic mass is 79.9. The van der Waals surface area contributed by atoms with Crippen molar-refractivity contribution < 1.29 is 58.0 Å². The number of hydrogen-bond acceptors (Lipinski definition) is 10. The molecule has 3 amide bonds. The zero-order valence-electron chi connectivity index (χ0n) is 33.1. The molecule has 14 nitrogen and oxygen atoms in total. The fraction of sp³-hybridized carbons (Fsp3) is 0.628. The molecule has 1 aliphatic heterocycles. The summed E-state index contributed by atoms with van der Waals surface area (Å²) in [4.78, 5) is 74.5. The van der Waals surface area contributed by atoms with E-state index in [9.17, 15) is 44.1 Å². The van der Waals surface area contributed by atoms with Crippen LogP contribution in [0.25, 0.3) is 0 Å². The number of aliphatic hydroxyl groups is 2. The van der Waals surface area contributed by atoms with Crippen LogP contribution in [0.3, 0.4) is 0 Å². The van der Waals surface area contributed by atoms with Crippen molar-refractivity contribution in [1.82, 2.24) is 16.0 Å². The van der Waals surface area contributed by atoms with Gasteiger partial charge >= 0.3 is 5.97 Å². The van der Waals surface area contributed by atoms with Crippen molar-refractivity contribution >= 4 is 51.2 Å². The largest absolute Gasteiger partial charge is 0.481 e. The van der Waals surface area contributed by atoms with E-state index in [-0.39, 0.29) is 42.3 Å². The molecular weight excluding hydrogens is 833 g/mol. The molecule has 7 aliphatic carbocycles. The average molecular weight is 885 g/mol. The topological polar surface area (TPSA) is 218 Å². The molecule has 318 valence electrons. The van der Waals surface area contributed by atoms with Gasteiger partial charge in [-0.3, -0.25) is 28.8 Å². The van der Waals surface area contributed by atoms with Crippen molar-refractivity contribution in [1.29, 1.82) is 0 Å². The fourth-order valence-corrected chi connectivity index (χ4v) is 12.8. The van der Waals surface area contributed by atoms with E-state index in [0.29, 0.717) is 49.7 Å². The summed E-state index contributed by atoms with van der Waals surface area (Å²) in [6, 6.07) is 6.63. The van der Waals surface area contributed by atoms with Gasteiger partial charge in [-0.25, -0.2) is 4.39 Å². The van der Waals surface area contributed by atoms with Gasteiger partial charge in [0.05, 0.1) is 24.1 Å². The third-order valence-corrected chi connectivity index (χ3v) is 15.7. The first-order chi connectivity index (χ1) is 27.9. The Kier molecular flexibility index (Phi) is 10.4. The van der Waals surface area contributed by atoms with Crippen LogP contribution in [0, 0.1) is 28.1 Å². The molecule has 1 saturated heterocycles. The Balaban J connectivity index is 0.912. The second-order valence-electron chi connectivity index (χ2n) is 18.6. The van der Waals surface area contributed by atoms with Gasteiger partial charge < -0.3 is 40.7 Å². The first-order valence-electron chi connectivity index (χ1n) is 20.4. The summed E-state index contributed by atoms with van der Waals surface area (Å²) in [6.07, 6.45) is 4.80. The number of halogens is 2. The Labute approximate surface area is 349 Å². The summed E-state index contributed by atoms with van der Waals surface area (Å²) in [5.74, 6) is -4.38. The first-order valence-corrected chi connectivity index (χ1v) is 21.5. The second kappa shape index (κ2) is 14.7. The van der Waals surface area contributed by atoms with Crippen molar-refractivity contribution in [3.8, 4) is 0 Å². The number of amides is 3. The number of aliphatic hydroxyl groups excluding tert-OH is 2. The van der Waals surface area contributed by atoms with Crippen molar-refractivity contribution in [3.63, 3.8) is 0 Å². The summed E-state index contributed by atoms with van der Waals surface area (Å²) in [5.41, 5.74) is -4.03. The molecule has 2 bridgehead atoms. The molecule has 6 N–H and O–H groups in total. The van der Waals surface area contributed by atoms with E-state index in [0.717, 1.165) is 12.0 Å². The lowest BCUT2D eigenvalue weighted by Crippen LogP contribution is -2.76. The minimum atomic E-state index is -2.09. The van der Waals surface area contributed by atoms with E-state index in [1.54, 1.807) is 13.0 Å². The van der Waals surface area contributed by atoms with Gasteiger partial charge in [0.25, 0.3) is 0 Å². The van der Waals surface area contributed by atoms with Crippen LogP contribution >= 0.6 is 15.9 Å².